The van der Waals surface area contributed by atoms with Crippen LogP contribution in [0.2, 0.25) is 0 Å². The molecular weight excluding hydrogens is 245 g/mol. The van der Waals surface area contributed by atoms with E-state index in [1.165, 1.54) is 12.1 Å². The van der Waals surface area contributed by atoms with Crippen molar-refractivity contribution in [1.82, 2.24) is 9.55 Å². The van der Waals surface area contributed by atoms with Gasteiger partial charge in [0.1, 0.15) is 17.2 Å². The van der Waals surface area contributed by atoms with Crippen molar-refractivity contribution >= 4 is 11.0 Å². The second-order valence-electron chi connectivity index (χ2n) is 5.18. The van der Waals surface area contributed by atoms with Crippen molar-refractivity contribution in [2.24, 2.45) is 5.73 Å². The fourth-order valence-corrected chi connectivity index (χ4v) is 2.68. The van der Waals surface area contributed by atoms with Gasteiger partial charge in [0, 0.05) is 13.2 Å². The van der Waals surface area contributed by atoms with Gasteiger partial charge in [0.15, 0.2) is 0 Å². The van der Waals surface area contributed by atoms with Gasteiger partial charge in [-0.3, -0.25) is 0 Å². The Bertz CT molecular complexity index is 602. The lowest BCUT2D eigenvalue weighted by Crippen LogP contribution is -2.40. The largest absolute Gasteiger partial charge is 0.379 e. The Morgan fingerprint density at radius 1 is 1.53 bits per heavy atom. The van der Waals surface area contributed by atoms with Crippen LogP contribution in [0.15, 0.2) is 18.2 Å². The first-order valence-electron chi connectivity index (χ1n) is 6.67. The fraction of sp³-hybridized carbons (Fsp3) is 0.500. The molecule has 1 aliphatic heterocycles. The zero-order chi connectivity index (χ0) is 13.5. The molecule has 0 saturated carbocycles. The van der Waals surface area contributed by atoms with Crippen LogP contribution in [0.5, 0.6) is 0 Å². The summed E-state index contributed by atoms with van der Waals surface area (Å²) < 4.78 is 20.9. The summed E-state index contributed by atoms with van der Waals surface area (Å²) >= 11 is 0. The average molecular weight is 263 g/mol. The normalized spacial score (nSPS) is 23.3. The van der Waals surface area contributed by atoms with E-state index in [4.69, 9.17) is 10.5 Å². The van der Waals surface area contributed by atoms with Crippen molar-refractivity contribution < 1.29 is 9.13 Å². The summed E-state index contributed by atoms with van der Waals surface area (Å²) in [5, 5.41) is 0. The predicted molar refractivity (Wildman–Crippen MR) is 71.3 cm³/mol. The molecule has 1 atom stereocenters. The van der Waals surface area contributed by atoms with E-state index in [0.717, 1.165) is 36.2 Å². The van der Waals surface area contributed by atoms with Crippen LogP contribution in [0.25, 0.3) is 11.0 Å². The number of imidazole rings is 1. The lowest BCUT2D eigenvalue weighted by molar-refractivity contribution is 0.175. The molecular formula is C14H18FN3O. The molecule has 0 aliphatic carbocycles. The molecule has 2 heterocycles. The summed E-state index contributed by atoms with van der Waals surface area (Å²) in [5.41, 5.74) is 7.47. The first-order valence-corrected chi connectivity index (χ1v) is 6.67. The summed E-state index contributed by atoms with van der Waals surface area (Å²) in [4.78, 5) is 4.62. The second-order valence-corrected chi connectivity index (χ2v) is 5.18. The van der Waals surface area contributed by atoms with E-state index in [1.807, 2.05) is 4.57 Å². The number of aromatic nitrogens is 2. The quantitative estimate of drug-likeness (QED) is 0.923. The maximum atomic E-state index is 13.4. The molecule has 2 N–H and O–H groups in total. The van der Waals surface area contributed by atoms with Gasteiger partial charge in [-0.25, -0.2) is 9.37 Å². The smallest absolute Gasteiger partial charge is 0.132 e. The van der Waals surface area contributed by atoms with Crippen molar-refractivity contribution in [3.63, 3.8) is 0 Å². The van der Waals surface area contributed by atoms with Gasteiger partial charge in [0.2, 0.25) is 0 Å². The number of fused-ring (bicyclic) bond motifs is 1. The number of nitrogens with two attached hydrogens (primary N) is 1. The molecule has 1 fully saturated rings. The highest BCUT2D eigenvalue weighted by Crippen LogP contribution is 2.30. The van der Waals surface area contributed by atoms with E-state index in [0.29, 0.717) is 13.2 Å². The second kappa shape index (κ2) is 4.58. The molecule has 1 aliphatic rings. The van der Waals surface area contributed by atoms with Gasteiger partial charge in [-0.05, 0) is 31.0 Å². The molecule has 0 amide bonds. The van der Waals surface area contributed by atoms with E-state index < -0.39 is 5.54 Å². The third kappa shape index (κ3) is 2.03. The van der Waals surface area contributed by atoms with E-state index in [-0.39, 0.29) is 5.82 Å². The van der Waals surface area contributed by atoms with E-state index in [2.05, 4.69) is 11.9 Å². The van der Waals surface area contributed by atoms with Crippen molar-refractivity contribution in [1.29, 1.82) is 0 Å². The Morgan fingerprint density at radius 3 is 3.05 bits per heavy atom. The van der Waals surface area contributed by atoms with Crippen LogP contribution in [0.1, 0.15) is 25.6 Å². The van der Waals surface area contributed by atoms with Gasteiger partial charge >= 0.3 is 0 Å². The topological polar surface area (TPSA) is 53.1 Å². The lowest BCUT2D eigenvalue weighted by atomic mass is 9.99. The molecule has 102 valence electrons. The Kier molecular flexibility index (Phi) is 3.03. The predicted octanol–water partition coefficient (Wildman–Crippen LogP) is 2.16. The first kappa shape index (κ1) is 12.6. The summed E-state index contributed by atoms with van der Waals surface area (Å²) in [5.74, 6) is 0.567. The fourth-order valence-electron chi connectivity index (χ4n) is 2.68. The van der Waals surface area contributed by atoms with E-state index in [9.17, 15) is 4.39 Å². The lowest BCUT2D eigenvalue weighted by Gasteiger charge is -2.22. The molecule has 0 radical (unpaired) electrons. The standard InChI is InChI=1S/C14H18FN3O/c1-2-6-18-12-8-10(15)3-4-11(12)17-13(18)14(16)5-7-19-9-14/h3-4,8H,2,5-7,9,16H2,1H3. The number of nitrogens with zero attached hydrogens (tertiary/aromatic N) is 2. The minimum absolute atomic E-state index is 0.245. The number of ether oxygens (including phenoxy) is 1. The van der Waals surface area contributed by atoms with Gasteiger partial charge < -0.3 is 15.0 Å². The van der Waals surface area contributed by atoms with Gasteiger partial charge in [0.25, 0.3) is 0 Å². The van der Waals surface area contributed by atoms with Gasteiger partial charge in [-0.1, -0.05) is 6.92 Å². The maximum absolute atomic E-state index is 13.4. The van der Waals surface area contributed by atoms with Gasteiger partial charge in [0.05, 0.1) is 17.6 Å². The molecule has 0 spiro atoms. The van der Waals surface area contributed by atoms with Gasteiger partial charge in [-0.15, -0.1) is 0 Å². The van der Waals surface area contributed by atoms with Crippen molar-refractivity contribution in [3.8, 4) is 0 Å². The van der Waals surface area contributed by atoms with Crippen molar-refractivity contribution in [2.45, 2.75) is 31.8 Å². The number of hydrogen-bond donors (Lipinski definition) is 1. The third-order valence-corrected chi connectivity index (χ3v) is 3.65. The zero-order valence-corrected chi connectivity index (χ0v) is 11.0. The Labute approximate surface area is 111 Å². The van der Waals surface area contributed by atoms with Crippen LogP contribution in [0.4, 0.5) is 4.39 Å². The van der Waals surface area contributed by atoms with Crippen LogP contribution < -0.4 is 5.73 Å². The van der Waals surface area contributed by atoms with E-state index >= 15 is 0 Å². The van der Waals surface area contributed by atoms with Crippen molar-refractivity contribution in [2.75, 3.05) is 13.2 Å². The third-order valence-electron chi connectivity index (χ3n) is 3.65. The SMILES string of the molecule is CCCn1c(C2(N)CCOC2)nc2ccc(F)cc21. The molecule has 19 heavy (non-hydrogen) atoms. The minimum atomic E-state index is -0.551. The molecule has 5 heteroatoms. The van der Waals surface area contributed by atoms with E-state index in [1.54, 1.807) is 6.07 Å². The highest BCUT2D eigenvalue weighted by atomic mass is 19.1. The van der Waals surface area contributed by atoms with Crippen molar-refractivity contribution in [3.05, 3.63) is 29.8 Å². The molecule has 3 rings (SSSR count). The van der Waals surface area contributed by atoms with Crippen LogP contribution in [0.3, 0.4) is 0 Å². The first-order chi connectivity index (χ1) is 9.14. The highest BCUT2D eigenvalue weighted by molar-refractivity contribution is 5.76. The van der Waals surface area contributed by atoms with Crippen LogP contribution >= 0.6 is 0 Å². The summed E-state index contributed by atoms with van der Waals surface area (Å²) in [6.07, 6.45) is 1.70. The Morgan fingerprint density at radius 2 is 2.37 bits per heavy atom. The maximum Gasteiger partial charge on any atom is 0.132 e. The van der Waals surface area contributed by atoms with Crippen LogP contribution in [0, 0.1) is 5.82 Å². The number of benzene rings is 1. The Hall–Kier alpha value is -1.46. The zero-order valence-electron chi connectivity index (χ0n) is 11.0. The molecule has 1 unspecified atom stereocenters. The van der Waals surface area contributed by atoms with Crippen LogP contribution in [-0.2, 0) is 16.8 Å². The summed E-state index contributed by atoms with van der Waals surface area (Å²) in [7, 11) is 0. The Balaban J connectivity index is 2.20. The molecule has 2 aromatic rings. The van der Waals surface area contributed by atoms with Crippen LogP contribution in [-0.4, -0.2) is 22.8 Å². The van der Waals surface area contributed by atoms with Gasteiger partial charge in [-0.2, -0.15) is 0 Å². The molecule has 4 nitrogen and oxygen atoms in total. The molecule has 1 aromatic heterocycles. The number of rotatable bonds is 3. The average Bonchev–Trinajstić information content (AvgIpc) is 2.96. The molecule has 1 saturated heterocycles. The molecule has 1 aromatic carbocycles. The number of halogens is 1. The minimum Gasteiger partial charge on any atom is -0.379 e. The number of aryl methyl sites for hydroxylation is 1. The number of hydrogen-bond acceptors (Lipinski definition) is 3. The summed E-state index contributed by atoms with van der Waals surface area (Å²) in [6, 6.07) is 4.67. The molecule has 0 bridgehead atoms. The summed E-state index contributed by atoms with van der Waals surface area (Å²) in [6.45, 7) is 4.00. The monoisotopic (exact) mass is 263 g/mol. The highest BCUT2D eigenvalue weighted by Gasteiger charge is 2.37.